The van der Waals surface area contributed by atoms with Gasteiger partial charge in [0.25, 0.3) is 0 Å². The minimum absolute atomic E-state index is 0.308. The number of benzene rings is 1. The molecular weight excluding hydrogens is 214 g/mol. The monoisotopic (exact) mass is 227 g/mol. The van der Waals surface area contributed by atoms with Crippen molar-refractivity contribution in [3.05, 3.63) is 66.0 Å². The van der Waals surface area contributed by atoms with E-state index in [0.29, 0.717) is 12.2 Å². The number of carboxylic acids is 1. The minimum Gasteiger partial charge on any atom is -0.477 e. The summed E-state index contributed by atoms with van der Waals surface area (Å²) in [6.45, 7) is 0.559. The Kier molecular flexibility index (Phi) is 3.40. The zero-order chi connectivity index (χ0) is 12.1. The van der Waals surface area contributed by atoms with Crippen LogP contribution in [0.4, 0.5) is 0 Å². The molecule has 0 aliphatic rings. The van der Waals surface area contributed by atoms with Gasteiger partial charge < -0.3 is 9.67 Å². The van der Waals surface area contributed by atoms with Crippen LogP contribution in [-0.4, -0.2) is 15.6 Å². The highest BCUT2D eigenvalue weighted by Gasteiger charge is 2.06. The lowest BCUT2D eigenvalue weighted by atomic mass is 10.2. The van der Waals surface area contributed by atoms with E-state index in [4.69, 9.17) is 5.11 Å². The Balaban J connectivity index is 2.05. The van der Waals surface area contributed by atoms with Gasteiger partial charge in [0, 0.05) is 12.7 Å². The third kappa shape index (κ3) is 2.84. The van der Waals surface area contributed by atoms with Crippen LogP contribution >= 0.6 is 0 Å². The molecule has 2 aromatic rings. The second-order valence-corrected chi connectivity index (χ2v) is 3.66. The predicted molar refractivity (Wildman–Crippen MR) is 66.9 cm³/mol. The molecule has 0 aliphatic heterocycles. The van der Waals surface area contributed by atoms with E-state index in [1.54, 1.807) is 22.9 Å². The number of carboxylic acid groups (broad SMARTS) is 1. The predicted octanol–water partition coefficient (Wildman–Crippen LogP) is 2.90. The molecule has 0 amide bonds. The first-order valence-corrected chi connectivity index (χ1v) is 5.37. The fraction of sp³-hybridized carbons (Fsp3) is 0.0714. The van der Waals surface area contributed by atoms with Crippen molar-refractivity contribution in [2.24, 2.45) is 0 Å². The summed E-state index contributed by atoms with van der Waals surface area (Å²) in [4.78, 5) is 10.9. The van der Waals surface area contributed by atoms with Gasteiger partial charge in [-0.05, 0) is 17.7 Å². The maximum absolute atomic E-state index is 10.9. The van der Waals surface area contributed by atoms with Gasteiger partial charge in [-0.15, -0.1) is 0 Å². The summed E-state index contributed by atoms with van der Waals surface area (Å²) in [5.41, 5.74) is 1.42. The van der Waals surface area contributed by atoms with Crippen LogP contribution in [-0.2, 0) is 6.54 Å². The van der Waals surface area contributed by atoms with E-state index < -0.39 is 5.97 Å². The van der Waals surface area contributed by atoms with Gasteiger partial charge in [-0.25, -0.2) is 4.79 Å². The Hall–Kier alpha value is -2.29. The molecule has 0 spiro atoms. The van der Waals surface area contributed by atoms with Crippen molar-refractivity contribution >= 4 is 12.0 Å². The maximum atomic E-state index is 10.9. The van der Waals surface area contributed by atoms with Crippen molar-refractivity contribution in [2.45, 2.75) is 6.54 Å². The topological polar surface area (TPSA) is 42.2 Å². The summed E-state index contributed by atoms with van der Waals surface area (Å²) in [6.07, 6.45) is 5.69. The number of nitrogens with zero attached hydrogens (tertiary/aromatic N) is 1. The average Bonchev–Trinajstić information content (AvgIpc) is 2.79. The first kappa shape index (κ1) is 11.2. The van der Waals surface area contributed by atoms with Crippen LogP contribution < -0.4 is 0 Å². The van der Waals surface area contributed by atoms with E-state index in [2.05, 4.69) is 0 Å². The fourth-order valence-electron chi connectivity index (χ4n) is 1.63. The quantitative estimate of drug-likeness (QED) is 0.872. The highest BCUT2D eigenvalue weighted by molar-refractivity contribution is 5.85. The summed E-state index contributed by atoms with van der Waals surface area (Å²) in [6, 6.07) is 13.2. The number of carbonyl (C=O) groups is 1. The van der Waals surface area contributed by atoms with E-state index in [1.807, 2.05) is 42.5 Å². The summed E-state index contributed by atoms with van der Waals surface area (Å²) in [5.74, 6) is -0.900. The summed E-state index contributed by atoms with van der Waals surface area (Å²) in [7, 11) is 0. The Morgan fingerprint density at radius 3 is 2.65 bits per heavy atom. The van der Waals surface area contributed by atoms with Gasteiger partial charge in [-0.3, -0.25) is 0 Å². The molecule has 1 aromatic heterocycles. The summed E-state index contributed by atoms with van der Waals surface area (Å²) >= 11 is 0. The number of aromatic nitrogens is 1. The van der Waals surface area contributed by atoms with Gasteiger partial charge in [-0.1, -0.05) is 42.5 Å². The van der Waals surface area contributed by atoms with Crippen molar-refractivity contribution in [2.75, 3.05) is 0 Å². The van der Waals surface area contributed by atoms with E-state index in [9.17, 15) is 4.79 Å². The van der Waals surface area contributed by atoms with E-state index in [-0.39, 0.29) is 0 Å². The molecule has 0 unspecified atom stereocenters. The number of rotatable bonds is 4. The van der Waals surface area contributed by atoms with Gasteiger partial charge in [0.1, 0.15) is 5.69 Å². The fourth-order valence-corrected chi connectivity index (χ4v) is 1.63. The number of allylic oxidation sites excluding steroid dienone is 1. The smallest absolute Gasteiger partial charge is 0.352 e. The van der Waals surface area contributed by atoms with Crippen molar-refractivity contribution in [1.29, 1.82) is 0 Å². The number of hydrogen-bond donors (Lipinski definition) is 1. The third-order valence-corrected chi connectivity index (χ3v) is 2.46. The summed E-state index contributed by atoms with van der Waals surface area (Å²) in [5, 5.41) is 8.93. The molecule has 1 aromatic carbocycles. The highest BCUT2D eigenvalue weighted by Crippen LogP contribution is 2.05. The largest absolute Gasteiger partial charge is 0.477 e. The highest BCUT2D eigenvalue weighted by atomic mass is 16.4. The second kappa shape index (κ2) is 5.16. The van der Waals surface area contributed by atoms with Crippen LogP contribution in [0.5, 0.6) is 0 Å². The average molecular weight is 227 g/mol. The standard InChI is InChI=1S/C14H13NO2/c16-14(17)13-9-5-11-15(13)10-4-8-12-6-2-1-3-7-12/h1-9,11H,10H2,(H,16,17)/b8-4+. The lowest BCUT2D eigenvalue weighted by Crippen LogP contribution is -2.06. The number of aromatic carboxylic acids is 1. The van der Waals surface area contributed by atoms with Gasteiger partial charge in [0.05, 0.1) is 0 Å². The molecule has 0 aliphatic carbocycles. The molecule has 2 rings (SSSR count). The number of hydrogen-bond acceptors (Lipinski definition) is 1. The van der Waals surface area contributed by atoms with Crippen LogP contribution in [0.2, 0.25) is 0 Å². The molecule has 0 fully saturated rings. The van der Waals surface area contributed by atoms with Crippen LogP contribution in [0, 0.1) is 0 Å². The lowest BCUT2D eigenvalue weighted by molar-refractivity contribution is 0.0686. The second-order valence-electron chi connectivity index (χ2n) is 3.66. The van der Waals surface area contributed by atoms with E-state index in [1.165, 1.54) is 0 Å². The molecule has 0 saturated carbocycles. The molecule has 3 nitrogen and oxygen atoms in total. The molecular formula is C14H13NO2. The Morgan fingerprint density at radius 2 is 1.94 bits per heavy atom. The first-order valence-electron chi connectivity index (χ1n) is 5.37. The lowest BCUT2D eigenvalue weighted by Gasteiger charge is -2.01. The molecule has 3 heteroatoms. The van der Waals surface area contributed by atoms with Crippen molar-refractivity contribution < 1.29 is 9.90 Å². The van der Waals surface area contributed by atoms with Crippen LogP contribution in [0.1, 0.15) is 16.1 Å². The molecule has 86 valence electrons. The van der Waals surface area contributed by atoms with Crippen LogP contribution in [0.3, 0.4) is 0 Å². The molecule has 0 saturated heterocycles. The van der Waals surface area contributed by atoms with E-state index >= 15 is 0 Å². The Bertz CT molecular complexity index is 526. The van der Waals surface area contributed by atoms with E-state index in [0.717, 1.165) is 5.56 Å². The molecule has 0 radical (unpaired) electrons. The van der Waals surface area contributed by atoms with Crippen LogP contribution in [0.25, 0.3) is 6.08 Å². The molecule has 0 bridgehead atoms. The molecule has 1 heterocycles. The van der Waals surface area contributed by atoms with Crippen molar-refractivity contribution in [1.82, 2.24) is 4.57 Å². The first-order chi connectivity index (χ1) is 8.27. The van der Waals surface area contributed by atoms with Crippen LogP contribution in [0.15, 0.2) is 54.7 Å². The van der Waals surface area contributed by atoms with Gasteiger partial charge in [0.15, 0.2) is 0 Å². The Morgan fingerprint density at radius 1 is 1.18 bits per heavy atom. The molecule has 1 N–H and O–H groups in total. The molecule has 0 atom stereocenters. The maximum Gasteiger partial charge on any atom is 0.352 e. The van der Waals surface area contributed by atoms with Gasteiger partial charge in [-0.2, -0.15) is 0 Å². The SMILES string of the molecule is O=C(O)c1cccn1C/C=C/c1ccccc1. The zero-order valence-corrected chi connectivity index (χ0v) is 9.28. The summed E-state index contributed by atoms with van der Waals surface area (Å²) < 4.78 is 1.70. The minimum atomic E-state index is -0.900. The normalized spacial score (nSPS) is 10.8. The third-order valence-electron chi connectivity index (χ3n) is 2.46. The van der Waals surface area contributed by atoms with Crippen molar-refractivity contribution in [3.63, 3.8) is 0 Å². The molecule has 17 heavy (non-hydrogen) atoms. The zero-order valence-electron chi connectivity index (χ0n) is 9.28. The Labute approximate surface area is 99.6 Å². The van der Waals surface area contributed by atoms with Gasteiger partial charge in [0.2, 0.25) is 0 Å². The van der Waals surface area contributed by atoms with Gasteiger partial charge >= 0.3 is 5.97 Å². The van der Waals surface area contributed by atoms with Crippen molar-refractivity contribution in [3.8, 4) is 0 Å².